The van der Waals surface area contributed by atoms with Crippen LogP contribution in [0.15, 0.2) is 35.1 Å². The van der Waals surface area contributed by atoms with E-state index in [1.165, 1.54) is 12.1 Å². The summed E-state index contributed by atoms with van der Waals surface area (Å²) in [5.41, 5.74) is -2.01. The van der Waals surface area contributed by atoms with E-state index in [-0.39, 0.29) is 22.4 Å². The number of aliphatic carboxylic acids is 1. The molecule has 1 saturated heterocycles. The Hall–Kier alpha value is -1.70. The van der Waals surface area contributed by atoms with Gasteiger partial charge in [0.05, 0.1) is 6.42 Å². The van der Waals surface area contributed by atoms with Crippen LogP contribution in [0, 0.1) is 5.41 Å². The minimum Gasteiger partial charge on any atom is -0.476 e. The second-order valence-corrected chi connectivity index (χ2v) is 8.42. The average molecular weight is 418 g/mol. The van der Waals surface area contributed by atoms with Crippen molar-refractivity contribution in [3.05, 3.63) is 40.1 Å². The summed E-state index contributed by atoms with van der Waals surface area (Å²) in [7, 11) is 0. The van der Waals surface area contributed by atoms with Crippen molar-refractivity contribution in [1.29, 1.82) is 0 Å². The number of rotatable bonds is 5. The molecule has 140 valence electrons. The maximum atomic E-state index is 12.4. The van der Waals surface area contributed by atoms with Gasteiger partial charge in [-0.25, -0.2) is 4.79 Å². The van der Waals surface area contributed by atoms with E-state index in [4.69, 9.17) is 27.9 Å². The highest BCUT2D eigenvalue weighted by Crippen LogP contribution is 2.37. The van der Waals surface area contributed by atoms with Gasteiger partial charge in [-0.2, -0.15) is 0 Å². The van der Waals surface area contributed by atoms with E-state index in [0.717, 1.165) is 4.90 Å². The van der Waals surface area contributed by atoms with E-state index in [9.17, 15) is 19.5 Å². The number of nitrogens with zero attached hydrogens (tertiary/aromatic N) is 1. The third kappa shape index (κ3) is 4.72. The number of carboxylic acids is 1. The van der Waals surface area contributed by atoms with Crippen molar-refractivity contribution in [2.24, 2.45) is 5.41 Å². The van der Waals surface area contributed by atoms with Gasteiger partial charge in [0.15, 0.2) is 10.8 Å². The molecule has 0 radical (unpaired) electrons. The Morgan fingerprint density at radius 2 is 1.85 bits per heavy atom. The molecule has 6 nitrogen and oxygen atoms in total. The molecule has 0 aliphatic carbocycles. The number of ether oxygens (including phenoxy) is 1. The van der Waals surface area contributed by atoms with Crippen molar-refractivity contribution >= 4 is 52.0 Å². The number of amides is 1. The highest BCUT2D eigenvalue weighted by Gasteiger charge is 2.43. The second kappa shape index (κ2) is 7.90. The van der Waals surface area contributed by atoms with Crippen LogP contribution in [-0.2, 0) is 14.4 Å². The number of likely N-dealkylation sites (tertiary alicyclic amines) is 1. The molecule has 1 aliphatic rings. The number of hydrogen-bond donors (Lipinski definition) is 1. The first kappa shape index (κ1) is 20.6. The standard InChI is InChI=1S/C17H17Cl2NO5S/c1-17(2,3)16(24)26-15(25-10-6-4-9(18)5-7-10)13(14(22)23)20-11(19)8-12(20)21/h4-7,11H,8H2,1-3H3,(H,22,23). The maximum absolute atomic E-state index is 12.4. The number of carbonyl (C=O) groups is 3. The lowest BCUT2D eigenvalue weighted by Gasteiger charge is -2.36. The van der Waals surface area contributed by atoms with Crippen LogP contribution in [0.25, 0.3) is 0 Å². The molecule has 1 aliphatic heterocycles. The molecule has 1 heterocycles. The number of alkyl halides is 1. The van der Waals surface area contributed by atoms with Crippen molar-refractivity contribution in [2.75, 3.05) is 0 Å². The molecule has 0 saturated carbocycles. The Balaban J connectivity index is 2.48. The lowest BCUT2D eigenvalue weighted by molar-refractivity contribution is -0.146. The molecular formula is C17H17Cl2NO5S. The Bertz CT molecular complexity index is 770. The lowest BCUT2D eigenvalue weighted by Crippen LogP contribution is -2.50. The fraction of sp³-hybridized carbons (Fsp3) is 0.353. The third-order valence-electron chi connectivity index (χ3n) is 3.35. The number of benzene rings is 1. The molecule has 1 fully saturated rings. The van der Waals surface area contributed by atoms with Crippen LogP contribution in [0.5, 0.6) is 5.75 Å². The first-order chi connectivity index (χ1) is 12.0. The average Bonchev–Trinajstić information content (AvgIpc) is 2.52. The predicted octanol–water partition coefficient (Wildman–Crippen LogP) is 4.08. The molecule has 1 N–H and O–H groups in total. The van der Waals surface area contributed by atoms with Gasteiger partial charge in [0, 0.05) is 10.4 Å². The molecule has 1 aromatic carbocycles. The van der Waals surface area contributed by atoms with Crippen molar-refractivity contribution in [1.82, 2.24) is 4.90 Å². The van der Waals surface area contributed by atoms with Gasteiger partial charge in [0.1, 0.15) is 11.3 Å². The Morgan fingerprint density at radius 1 is 1.27 bits per heavy atom. The highest BCUT2D eigenvalue weighted by atomic mass is 35.5. The topological polar surface area (TPSA) is 83.9 Å². The van der Waals surface area contributed by atoms with Gasteiger partial charge in [0.25, 0.3) is 0 Å². The Morgan fingerprint density at radius 3 is 2.27 bits per heavy atom. The van der Waals surface area contributed by atoms with Crippen LogP contribution in [0.2, 0.25) is 5.02 Å². The summed E-state index contributed by atoms with van der Waals surface area (Å²) < 4.78 is 5.64. The smallest absolute Gasteiger partial charge is 0.357 e. The molecule has 1 atom stereocenters. The quantitative estimate of drug-likeness (QED) is 0.255. The van der Waals surface area contributed by atoms with Crippen LogP contribution in [0.1, 0.15) is 27.2 Å². The number of β-lactam (4-membered cyclic amide) rings is 1. The molecule has 1 unspecified atom stereocenters. The van der Waals surface area contributed by atoms with Gasteiger partial charge in [0.2, 0.25) is 11.0 Å². The fourth-order valence-corrected chi connectivity index (χ4v) is 3.25. The largest absolute Gasteiger partial charge is 0.476 e. The molecule has 0 bridgehead atoms. The first-order valence-corrected chi connectivity index (χ1v) is 9.23. The second-order valence-electron chi connectivity index (χ2n) is 6.54. The first-order valence-electron chi connectivity index (χ1n) is 7.60. The molecule has 2 rings (SSSR count). The van der Waals surface area contributed by atoms with Crippen LogP contribution in [-0.4, -0.2) is 32.5 Å². The van der Waals surface area contributed by atoms with E-state index in [2.05, 4.69) is 0 Å². The van der Waals surface area contributed by atoms with Gasteiger partial charge >= 0.3 is 5.97 Å². The lowest BCUT2D eigenvalue weighted by atomic mass is 10.00. The van der Waals surface area contributed by atoms with Crippen LogP contribution >= 0.6 is 35.0 Å². The molecular weight excluding hydrogens is 401 g/mol. The van der Waals surface area contributed by atoms with Gasteiger partial charge in [-0.15, -0.1) is 0 Å². The number of hydrogen-bond acceptors (Lipinski definition) is 5. The van der Waals surface area contributed by atoms with Crippen molar-refractivity contribution in [3.8, 4) is 5.75 Å². The van der Waals surface area contributed by atoms with E-state index < -0.39 is 28.5 Å². The minimum atomic E-state index is -1.41. The number of halogens is 2. The van der Waals surface area contributed by atoms with Crippen LogP contribution < -0.4 is 4.74 Å². The monoisotopic (exact) mass is 417 g/mol. The molecule has 9 heteroatoms. The summed E-state index contributed by atoms with van der Waals surface area (Å²) in [6.07, 6.45) is 0.0183. The SMILES string of the molecule is CC(C)(C)C(=O)SC(Oc1ccc(Cl)cc1)=C(C(=O)O)N1C(=O)CC1Cl. The zero-order chi connectivity index (χ0) is 19.6. The Labute approximate surface area is 165 Å². The molecule has 0 spiro atoms. The summed E-state index contributed by atoms with van der Waals surface area (Å²) in [6, 6.07) is 6.18. The third-order valence-corrected chi connectivity index (χ3v) is 5.21. The summed E-state index contributed by atoms with van der Waals surface area (Å²) >= 11 is 12.4. The summed E-state index contributed by atoms with van der Waals surface area (Å²) in [6.45, 7) is 5.09. The van der Waals surface area contributed by atoms with E-state index >= 15 is 0 Å². The minimum absolute atomic E-state index is 0.0183. The van der Waals surface area contributed by atoms with Crippen LogP contribution in [0.3, 0.4) is 0 Å². The zero-order valence-corrected chi connectivity index (χ0v) is 16.6. The highest BCUT2D eigenvalue weighted by molar-refractivity contribution is 8.16. The van der Waals surface area contributed by atoms with Crippen LogP contribution in [0.4, 0.5) is 0 Å². The maximum Gasteiger partial charge on any atom is 0.357 e. The normalized spacial score (nSPS) is 18.1. The Kier molecular flexibility index (Phi) is 6.26. The van der Waals surface area contributed by atoms with E-state index in [1.54, 1.807) is 32.9 Å². The molecule has 0 aromatic heterocycles. The van der Waals surface area contributed by atoms with Gasteiger partial charge < -0.3 is 9.84 Å². The summed E-state index contributed by atoms with van der Waals surface area (Å²) in [5, 5.41) is 9.54. The fourth-order valence-electron chi connectivity index (χ4n) is 1.90. The number of carbonyl (C=O) groups excluding carboxylic acids is 2. The predicted molar refractivity (Wildman–Crippen MR) is 99.9 cm³/mol. The van der Waals surface area contributed by atoms with Gasteiger partial charge in [-0.1, -0.05) is 44.0 Å². The van der Waals surface area contributed by atoms with Crippen molar-refractivity contribution < 1.29 is 24.2 Å². The van der Waals surface area contributed by atoms with Crippen molar-refractivity contribution in [3.63, 3.8) is 0 Å². The molecule has 26 heavy (non-hydrogen) atoms. The van der Waals surface area contributed by atoms with Crippen molar-refractivity contribution in [2.45, 2.75) is 32.7 Å². The zero-order valence-electron chi connectivity index (χ0n) is 14.3. The van der Waals surface area contributed by atoms with E-state index in [1.807, 2.05) is 0 Å². The van der Waals surface area contributed by atoms with Gasteiger partial charge in [-0.3, -0.25) is 14.5 Å². The summed E-state index contributed by atoms with van der Waals surface area (Å²) in [4.78, 5) is 37.0. The summed E-state index contributed by atoms with van der Waals surface area (Å²) in [5.74, 6) is -1.60. The van der Waals surface area contributed by atoms with E-state index in [0.29, 0.717) is 16.8 Å². The van der Waals surface area contributed by atoms with Gasteiger partial charge in [-0.05, 0) is 36.0 Å². The number of thioether (sulfide) groups is 1. The number of carboxylic acid groups (broad SMARTS) is 1. The molecule has 1 amide bonds. The molecule has 1 aromatic rings.